The lowest BCUT2D eigenvalue weighted by molar-refractivity contribution is -0.129. The summed E-state index contributed by atoms with van der Waals surface area (Å²) in [5.74, 6) is 0.574. The van der Waals surface area contributed by atoms with E-state index in [1.165, 1.54) is 24.8 Å². The van der Waals surface area contributed by atoms with Crippen LogP contribution in [0.1, 0.15) is 37.0 Å². The zero-order valence-electron chi connectivity index (χ0n) is 12.5. The van der Waals surface area contributed by atoms with Gasteiger partial charge in [-0.05, 0) is 49.8 Å². The molecule has 0 spiro atoms. The third kappa shape index (κ3) is 3.19. The molecule has 0 amide bonds. The van der Waals surface area contributed by atoms with Gasteiger partial charge in [-0.3, -0.25) is 4.90 Å². The fourth-order valence-electron chi connectivity index (χ4n) is 3.60. The molecular weight excluding hydrogens is 270 g/mol. The summed E-state index contributed by atoms with van der Waals surface area (Å²) in [6, 6.07) is 7.02. The smallest absolute Gasteiger partial charge is 0.0845 e. The van der Waals surface area contributed by atoms with Crippen LogP contribution in [0.2, 0.25) is 0 Å². The fraction of sp³-hybridized carbons (Fsp3) is 0.647. The van der Waals surface area contributed by atoms with Gasteiger partial charge in [0.25, 0.3) is 0 Å². The third-order valence-corrected chi connectivity index (χ3v) is 4.64. The van der Waals surface area contributed by atoms with Crippen LogP contribution in [0.25, 0.3) is 0 Å². The lowest BCUT2D eigenvalue weighted by atomic mass is 10.0. The molecule has 1 aromatic carbocycles. The Balaban J connectivity index is 1.70. The Morgan fingerprint density at radius 1 is 1.30 bits per heavy atom. The maximum atomic E-state index is 6.00. The molecule has 0 radical (unpaired) electrons. The van der Waals surface area contributed by atoms with Crippen molar-refractivity contribution in [3.8, 4) is 0 Å². The number of nitrogens with zero attached hydrogens (tertiary/aromatic N) is 1. The van der Waals surface area contributed by atoms with Crippen LogP contribution in [0.15, 0.2) is 18.2 Å². The molecule has 0 saturated carbocycles. The molecule has 20 heavy (non-hydrogen) atoms. The molecule has 110 valence electrons. The van der Waals surface area contributed by atoms with Crippen molar-refractivity contribution < 1.29 is 4.74 Å². The van der Waals surface area contributed by atoms with Crippen molar-refractivity contribution in [1.29, 1.82) is 0 Å². The molecule has 0 N–H and O–H groups in total. The molecule has 1 aliphatic carbocycles. The van der Waals surface area contributed by atoms with Gasteiger partial charge >= 0.3 is 0 Å². The minimum absolute atomic E-state index is 0.103. The summed E-state index contributed by atoms with van der Waals surface area (Å²) >= 11 is 6.00. The van der Waals surface area contributed by atoms with E-state index >= 15 is 0 Å². The number of hydrogen-bond donors (Lipinski definition) is 0. The van der Waals surface area contributed by atoms with E-state index in [4.69, 9.17) is 16.3 Å². The maximum Gasteiger partial charge on any atom is 0.0845 e. The number of hydrogen-bond acceptors (Lipinski definition) is 2. The van der Waals surface area contributed by atoms with Crippen molar-refractivity contribution in [2.45, 2.75) is 51.4 Å². The molecular formula is C17H24ClNO. The molecule has 2 aliphatic rings. The first-order valence-corrected chi connectivity index (χ1v) is 8.16. The first-order valence-electron chi connectivity index (χ1n) is 7.62. The average Bonchev–Trinajstić information content (AvgIpc) is 2.84. The van der Waals surface area contributed by atoms with E-state index < -0.39 is 0 Å². The highest BCUT2D eigenvalue weighted by atomic mass is 35.5. The predicted molar refractivity (Wildman–Crippen MR) is 83.4 cm³/mol. The molecule has 0 bridgehead atoms. The SMILES string of the molecule is CC1(C)CN(Cc2ccc3c(c2)CCC3)CC(CCl)O1. The van der Waals surface area contributed by atoms with E-state index in [1.807, 2.05) is 0 Å². The van der Waals surface area contributed by atoms with Crippen LogP contribution in [0.4, 0.5) is 0 Å². The highest BCUT2D eigenvalue weighted by molar-refractivity contribution is 6.18. The fourth-order valence-corrected chi connectivity index (χ4v) is 3.76. The number of alkyl halides is 1. The first-order chi connectivity index (χ1) is 9.55. The summed E-state index contributed by atoms with van der Waals surface area (Å²) in [5.41, 5.74) is 4.43. The second-order valence-electron chi connectivity index (χ2n) is 6.78. The van der Waals surface area contributed by atoms with Crippen LogP contribution in [0.3, 0.4) is 0 Å². The van der Waals surface area contributed by atoms with Crippen LogP contribution in [-0.2, 0) is 24.1 Å². The summed E-state index contributed by atoms with van der Waals surface area (Å²) < 4.78 is 5.99. The number of fused-ring (bicyclic) bond motifs is 1. The molecule has 0 aromatic heterocycles. The Hall–Kier alpha value is -0.570. The molecule has 3 heteroatoms. The lowest BCUT2D eigenvalue weighted by Crippen LogP contribution is -2.52. The van der Waals surface area contributed by atoms with Gasteiger partial charge in [-0.25, -0.2) is 0 Å². The van der Waals surface area contributed by atoms with E-state index in [0.29, 0.717) is 5.88 Å². The topological polar surface area (TPSA) is 12.5 Å². The van der Waals surface area contributed by atoms with Crippen molar-refractivity contribution in [2.75, 3.05) is 19.0 Å². The van der Waals surface area contributed by atoms with E-state index in [0.717, 1.165) is 19.6 Å². The summed E-state index contributed by atoms with van der Waals surface area (Å²) in [6.45, 7) is 7.22. The molecule has 3 rings (SSSR count). The summed E-state index contributed by atoms with van der Waals surface area (Å²) in [7, 11) is 0. The third-order valence-electron chi connectivity index (χ3n) is 4.29. The normalized spacial score (nSPS) is 25.6. The first kappa shape index (κ1) is 14.4. The molecule has 1 aromatic rings. The largest absolute Gasteiger partial charge is 0.368 e. The van der Waals surface area contributed by atoms with Crippen molar-refractivity contribution in [3.63, 3.8) is 0 Å². The lowest BCUT2D eigenvalue weighted by Gasteiger charge is -2.42. The second-order valence-corrected chi connectivity index (χ2v) is 7.09. The van der Waals surface area contributed by atoms with Gasteiger partial charge in [-0.2, -0.15) is 0 Å². The van der Waals surface area contributed by atoms with Crippen molar-refractivity contribution >= 4 is 11.6 Å². The Bertz CT molecular complexity index is 486. The minimum Gasteiger partial charge on any atom is -0.368 e. The molecule has 1 atom stereocenters. The van der Waals surface area contributed by atoms with E-state index in [2.05, 4.69) is 36.9 Å². The van der Waals surface area contributed by atoms with Crippen molar-refractivity contribution in [1.82, 2.24) is 4.90 Å². The van der Waals surface area contributed by atoms with Gasteiger partial charge in [0, 0.05) is 25.5 Å². The Kier molecular flexibility index (Phi) is 4.07. The van der Waals surface area contributed by atoms with E-state index in [-0.39, 0.29) is 11.7 Å². The number of halogens is 1. The van der Waals surface area contributed by atoms with Gasteiger partial charge in [-0.15, -0.1) is 11.6 Å². The Morgan fingerprint density at radius 3 is 2.90 bits per heavy atom. The minimum atomic E-state index is -0.103. The van der Waals surface area contributed by atoms with Gasteiger partial charge in [-0.1, -0.05) is 18.2 Å². The Morgan fingerprint density at radius 2 is 2.10 bits per heavy atom. The molecule has 2 nitrogen and oxygen atoms in total. The number of benzene rings is 1. The summed E-state index contributed by atoms with van der Waals surface area (Å²) in [4.78, 5) is 2.48. The van der Waals surface area contributed by atoms with Crippen LogP contribution in [-0.4, -0.2) is 35.6 Å². The van der Waals surface area contributed by atoms with Gasteiger partial charge in [0.1, 0.15) is 0 Å². The quantitative estimate of drug-likeness (QED) is 0.792. The van der Waals surface area contributed by atoms with Gasteiger partial charge in [0.15, 0.2) is 0 Å². The van der Waals surface area contributed by atoms with Crippen LogP contribution in [0.5, 0.6) is 0 Å². The second kappa shape index (κ2) is 5.67. The van der Waals surface area contributed by atoms with Crippen LogP contribution >= 0.6 is 11.6 Å². The van der Waals surface area contributed by atoms with E-state index in [1.54, 1.807) is 11.1 Å². The molecule has 1 fully saturated rings. The monoisotopic (exact) mass is 293 g/mol. The zero-order valence-corrected chi connectivity index (χ0v) is 13.2. The highest BCUT2D eigenvalue weighted by Crippen LogP contribution is 2.26. The van der Waals surface area contributed by atoms with Crippen LogP contribution < -0.4 is 0 Å². The molecule has 1 unspecified atom stereocenters. The average molecular weight is 294 g/mol. The summed E-state index contributed by atoms with van der Waals surface area (Å²) in [6.07, 6.45) is 3.98. The highest BCUT2D eigenvalue weighted by Gasteiger charge is 2.32. The van der Waals surface area contributed by atoms with Gasteiger partial charge in [0.05, 0.1) is 11.7 Å². The molecule has 1 aliphatic heterocycles. The van der Waals surface area contributed by atoms with Crippen molar-refractivity contribution in [3.05, 3.63) is 34.9 Å². The zero-order chi connectivity index (χ0) is 14.2. The predicted octanol–water partition coefficient (Wildman–Crippen LogP) is 3.39. The van der Waals surface area contributed by atoms with Gasteiger partial charge in [0.2, 0.25) is 0 Å². The number of rotatable bonds is 3. The Labute approximate surface area is 127 Å². The molecule has 1 heterocycles. The number of aryl methyl sites for hydroxylation is 2. The number of ether oxygens (including phenoxy) is 1. The molecule has 1 saturated heterocycles. The standard InChI is InChI=1S/C17H24ClNO/c1-17(2)12-19(11-16(9-18)20-17)10-13-6-7-14-4-3-5-15(14)8-13/h6-8,16H,3-5,9-12H2,1-2H3. The van der Waals surface area contributed by atoms with E-state index in [9.17, 15) is 0 Å². The van der Waals surface area contributed by atoms with Crippen LogP contribution in [0, 0.1) is 0 Å². The van der Waals surface area contributed by atoms with Gasteiger partial charge < -0.3 is 4.74 Å². The van der Waals surface area contributed by atoms with Crippen molar-refractivity contribution in [2.24, 2.45) is 0 Å². The number of morpholine rings is 1. The summed E-state index contributed by atoms with van der Waals surface area (Å²) in [5, 5.41) is 0. The maximum absolute atomic E-state index is 6.00.